The SMILES string of the molecule is CC1(C)c2ccccc2-c2ccc(N(c3ccc(-c4ccc5c(c4)c4c(n5-c5ccccc5)C5c6ccccc6N(c6ccccc6)C5C=C4)cc3)c3ccc4ccccc4c3)cc21. The second-order valence-corrected chi connectivity index (χ2v) is 18.1. The van der Waals surface area contributed by atoms with Crippen molar-refractivity contribution < 1.29 is 0 Å². The fourth-order valence-electron chi connectivity index (χ4n) is 11.3. The Balaban J connectivity index is 0.933. The molecular formula is C61H45N3. The summed E-state index contributed by atoms with van der Waals surface area (Å²) in [6, 6.07) is 78.6. The molecular weight excluding hydrogens is 775 g/mol. The maximum absolute atomic E-state index is 2.53. The molecule has 1 aliphatic heterocycles. The van der Waals surface area contributed by atoms with E-state index in [-0.39, 0.29) is 17.4 Å². The molecule has 0 saturated carbocycles. The lowest BCUT2D eigenvalue weighted by Crippen LogP contribution is -2.31. The Hall–Kier alpha value is -7.88. The van der Waals surface area contributed by atoms with E-state index in [1.807, 2.05) is 0 Å². The highest BCUT2D eigenvalue weighted by molar-refractivity contribution is 5.98. The third kappa shape index (κ3) is 5.47. The average Bonchev–Trinajstić information content (AvgIpc) is 3.95. The molecule has 3 nitrogen and oxygen atoms in total. The summed E-state index contributed by atoms with van der Waals surface area (Å²) in [5.41, 5.74) is 20.0. The molecule has 2 unspecified atom stereocenters. The van der Waals surface area contributed by atoms with E-state index in [2.05, 4.69) is 253 Å². The molecule has 13 rings (SSSR count). The van der Waals surface area contributed by atoms with Gasteiger partial charge in [-0.1, -0.05) is 159 Å². The van der Waals surface area contributed by atoms with Crippen LogP contribution >= 0.6 is 0 Å². The number of hydrogen-bond acceptors (Lipinski definition) is 2. The van der Waals surface area contributed by atoms with Crippen molar-refractivity contribution in [1.29, 1.82) is 0 Å². The highest BCUT2D eigenvalue weighted by Crippen LogP contribution is 2.54. The number of anilines is 5. The Bertz CT molecular complexity index is 3490. The minimum Gasteiger partial charge on any atom is -0.333 e. The Morgan fingerprint density at radius 1 is 0.484 bits per heavy atom. The van der Waals surface area contributed by atoms with Crippen LogP contribution in [0.4, 0.5) is 28.4 Å². The lowest BCUT2D eigenvalue weighted by molar-refractivity contribution is 0.660. The van der Waals surface area contributed by atoms with Crippen molar-refractivity contribution in [3.63, 3.8) is 0 Å². The Labute approximate surface area is 374 Å². The number of fused-ring (bicyclic) bond motifs is 11. The van der Waals surface area contributed by atoms with Crippen LogP contribution in [-0.4, -0.2) is 10.6 Å². The van der Waals surface area contributed by atoms with Gasteiger partial charge in [0.25, 0.3) is 0 Å². The van der Waals surface area contributed by atoms with Gasteiger partial charge in [0.15, 0.2) is 0 Å². The summed E-state index contributed by atoms with van der Waals surface area (Å²) in [7, 11) is 0. The van der Waals surface area contributed by atoms with Gasteiger partial charge in [-0.2, -0.15) is 0 Å². The first kappa shape index (κ1) is 36.7. The van der Waals surface area contributed by atoms with Crippen LogP contribution in [0, 0.1) is 0 Å². The van der Waals surface area contributed by atoms with Crippen LogP contribution in [0.3, 0.4) is 0 Å². The van der Waals surface area contributed by atoms with E-state index in [1.54, 1.807) is 0 Å². The van der Waals surface area contributed by atoms with Crippen molar-refractivity contribution in [2.75, 3.05) is 9.80 Å². The molecule has 9 aromatic carbocycles. The fourth-order valence-corrected chi connectivity index (χ4v) is 11.3. The van der Waals surface area contributed by atoms with E-state index in [0.717, 1.165) is 17.1 Å². The van der Waals surface area contributed by atoms with Gasteiger partial charge >= 0.3 is 0 Å². The van der Waals surface area contributed by atoms with Gasteiger partial charge in [0.1, 0.15) is 0 Å². The predicted octanol–water partition coefficient (Wildman–Crippen LogP) is 15.9. The summed E-state index contributed by atoms with van der Waals surface area (Å²) in [4.78, 5) is 4.96. The zero-order chi connectivity index (χ0) is 42.5. The topological polar surface area (TPSA) is 11.4 Å². The van der Waals surface area contributed by atoms with Crippen molar-refractivity contribution in [2.45, 2.75) is 31.2 Å². The number of benzene rings is 9. The van der Waals surface area contributed by atoms with E-state index in [4.69, 9.17) is 0 Å². The van der Waals surface area contributed by atoms with Crippen molar-refractivity contribution in [3.05, 3.63) is 246 Å². The minimum absolute atomic E-state index is 0.101. The average molecular weight is 820 g/mol. The molecule has 0 amide bonds. The molecule has 2 heterocycles. The summed E-state index contributed by atoms with van der Waals surface area (Å²) in [5.74, 6) is 0.159. The molecule has 0 radical (unpaired) electrons. The van der Waals surface area contributed by atoms with Gasteiger partial charge in [0.05, 0.1) is 17.5 Å². The Morgan fingerprint density at radius 3 is 1.95 bits per heavy atom. The molecule has 1 aromatic heterocycles. The van der Waals surface area contributed by atoms with E-state index in [1.165, 1.54) is 88.9 Å². The number of nitrogens with zero attached hydrogens (tertiary/aromatic N) is 3. The lowest BCUT2D eigenvalue weighted by Gasteiger charge is -2.31. The molecule has 0 saturated heterocycles. The first-order chi connectivity index (χ1) is 31.5. The van der Waals surface area contributed by atoms with Crippen LogP contribution in [0.5, 0.6) is 0 Å². The van der Waals surface area contributed by atoms with Gasteiger partial charge in [0, 0.05) is 56.2 Å². The molecule has 0 fully saturated rings. The molecule has 0 spiro atoms. The molecule has 0 N–H and O–H groups in total. The third-order valence-electron chi connectivity index (χ3n) is 14.3. The molecule has 2 atom stereocenters. The number of para-hydroxylation sites is 3. The number of hydrogen-bond donors (Lipinski definition) is 0. The van der Waals surface area contributed by atoms with Crippen molar-refractivity contribution >= 4 is 56.2 Å². The molecule has 3 heteroatoms. The van der Waals surface area contributed by atoms with Crippen LogP contribution in [0.25, 0.3) is 55.7 Å². The highest BCUT2D eigenvalue weighted by atomic mass is 15.2. The van der Waals surface area contributed by atoms with Crippen LogP contribution in [0.15, 0.2) is 218 Å². The van der Waals surface area contributed by atoms with Crippen LogP contribution in [0.2, 0.25) is 0 Å². The summed E-state index contributed by atoms with van der Waals surface area (Å²) in [5, 5.41) is 3.73. The van der Waals surface area contributed by atoms with Crippen LogP contribution in [0.1, 0.15) is 47.7 Å². The highest BCUT2D eigenvalue weighted by Gasteiger charge is 2.44. The largest absolute Gasteiger partial charge is 0.333 e. The van der Waals surface area contributed by atoms with Crippen LogP contribution in [-0.2, 0) is 5.41 Å². The molecule has 64 heavy (non-hydrogen) atoms. The number of aromatic nitrogens is 1. The van der Waals surface area contributed by atoms with Crippen molar-refractivity contribution in [1.82, 2.24) is 4.57 Å². The maximum Gasteiger partial charge on any atom is 0.0650 e. The van der Waals surface area contributed by atoms with E-state index in [9.17, 15) is 0 Å². The number of rotatable bonds is 6. The Kier molecular flexibility index (Phi) is 8.08. The summed E-state index contributed by atoms with van der Waals surface area (Å²) in [6.07, 6.45) is 4.83. The first-order valence-electron chi connectivity index (χ1n) is 22.5. The van der Waals surface area contributed by atoms with Crippen molar-refractivity contribution in [2.24, 2.45) is 0 Å². The summed E-state index contributed by atoms with van der Waals surface area (Å²) >= 11 is 0. The predicted molar refractivity (Wildman–Crippen MR) is 268 cm³/mol. The van der Waals surface area contributed by atoms with Gasteiger partial charge in [-0.3, -0.25) is 0 Å². The van der Waals surface area contributed by atoms with Gasteiger partial charge in [-0.25, -0.2) is 0 Å². The Morgan fingerprint density at radius 2 is 1.12 bits per heavy atom. The summed E-state index contributed by atoms with van der Waals surface area (Å²) in [6.45, 7) is 4.72. The second kappa shape index (κ2) is 14.1. The van der Waals surface area contributed by atoms with Gasteiger partial charge < -0.3 is 14.4 Å². The lowest BCUT2D eigenvalue weighted by atomic mass is 9.82. The molecule has 0 bridgehead atoms. The standard InChI is InChI=1S/C61H45N3/c1-61(2)54-23-13-11-21-49(54)50-33-32-48(39-55(50)61)62(47-31-27-40-15-9-10-16-42(40)37-47)46-29-25-41(26-30-46)43-28-35-57-53(38-43)51-34-36-58-59(60(51)64(57)45-19-7-4-8-20-45)52-22-12-14-24-56(52)63(58)44-17-5-3-6-18-44/h3-39,58-59H,1-2H3. The third-order valence-corrected chi connectivity index (χ3v) is 14.3. The van der Waals surface area contributed by atoms with Gasteiger partial charge in [0.2, 0.25) is 0 Å². The zero-order valence-corrected chi connectivity index (χ0v) is 35.9. The van der Waals surface area contributed by atoms with Crippen molar-refractivity contribution in [3.8, 4) is 27.9 Å². The van der Waals surface area contributed by atoms with E-state index >= 15 is 0 Å². The second-order valence-electron chi connectivity index (χ2n) is 18.1. The van der Waals surface area contributed by atoms with Gasteiger partial charge in [-0.05, 0) is 129 Å². The quantitative estimate of drug-likeness (QED) is 0.166. The first-order valence-corrected chi connectivity index (χ1v) is 22.5. The summed E-state index contributed by atoms with van der Waals surface area (Å²) < 4.78 is 2.53. The minimum atomic E-state index is -0.101. The van der Waals surface area contributed by atoms with Crippen LogP contribution < -0.4 is 9.80 Å². The van der Waals surface area contributed by atoms with E-state index in [0.29, 0.717) is 0 Å². The molecule has 2 aliphatic carbocycles. The van der Waals surface area contributed by atoms with Gasteiger partial charge in [-0.15, -0.1) is 0 Å². The van der Waals surface area contributed by atoms with E-state index < -0.39 is 0 Å². The fraction of sp³-hybridized carbons (Fsp3) is 0.0820. The smallest absolute Gasteiger partial charge is 0.0650 e. The maximum atomic E-state index is 2.53. The zero-order valence-electron chi connectivity index (χ0n) is 35.9. The molecule has 10 aromatic rings. The monoisotopic (exact) mass is 819 g/mol. The normalized spacial score (nSPS) is 16.3. The molecule has 3 aliphatic rings. The molecule has 304 valence electrons.